The average molecular weight is 774 g/mol. The molecule has 2 aliphatic heterocycles. The Balaban J connectivity index is 1.59. The summed E-state index contributed by atoms with van der Waals surface area (Å²) >= 11 is 0.817. The third kappa shape index (κ3) is 8.76. The van der Waals surface area contributed by atoms with Crippen LogP contribution < -0.4 is 15.4 Å². The summed E-state index contributed by atoms with van der Waals surface area (Å²) in [5.74, 6) is -15.9. The number of benzene rings is 1. The quantitative estimate of drug-likeness (QED) is 0.0718. The van der Waals surface area contributed by atoms with Crippen molar-refractivity contribution in [2.45, 2.75) is 116 Å². The molecule has 2 fully saturated rings. The topological polar surface area (TPSA) is 130 Å². The molecule has 0 spiro atoms. The molecular formula is C36H48F5N5O6S. The lowest BCUT2D eigenvalue weighted by Gasteiger charge is -2.52. The number of amides is 3. The number of hydrogen-bond donors (Lipinski definition) is 2. The molecule has 2 aromatic rings. The minimum atomic E-state index is -2.42. The molecule has 0 unspecified atom stereocenters. The Labute approximate surface area is 310 Å². The van der Waals surface area contributed by atoms with Gasteiger partial charge in [0.15, 0.2) is 11.8 Å². The Morgan fingerprint density at radius 3 is 2.13 bits per heavy atom. The SMILES string of the molecule is CCNC(=O)O[C@H](C[C@H](C(C)C)N(C)C(=O)[C@@H](NC(=O)C12CCCC(CCC1)N2C)[C@@H](C)CC)c1nc(C(=O)Oc2c(F)c(F)c(F)c(F)c2F)cs1. The summed E-state index contributed by atoms with van der Waals surface area (Å²) in [5, 5.41) is 6.78. The molecule has 294 valence electrons. The number of fused-ring (bicyclic) bond motifs is 2. The molecule has 0 aliphatic carbocycles. The van der Waals surface area contributed by atoms with Crippen molar-refractivity contribution in [2.75, 3.05) is 20.6 Å². The van der Waals surface area contributed by atoms with E-state index in [1.165, 1.54) is 4.90 Å². The highest BCUT2D eigenvalue weighted by atomic mass is 32.1. The van der Waals surface area contributed by atoms with E-state index in [4.69, 9.17) is 4.74 Å². The standard InChI is InChI=1S/C36H48F5N5O6S/c1-8-19(5)29(44-34(49)36-14-10-12-20(46(36)7)13-11-15-36)32(47)45(6)22(18(3)4)16-23(51-35(50)42-9-2)31-43-21(17-53-31)33(48)52-30-27(40)25(38)24(37)26(39)28(30)41/h17-20,22-23,29H,8-16H2,1-7H3,(H,42,50)(H,44,49)/t19-,20?,22+,23+,29-,36?/m0/s1. The number of aromatic nitrogens is 1. The molecule has 2 N–H and O–H groups in total. The van der Waals surface area contributed by atoms with Crippen molar-refractivity contribution in [3.8, 4) is 5.75 Å². The summed E-state index contributed by atoms with van der Waals surface area (Å²) in [6, 6.07) is -1.14. The number of alkyl carbamates (subject to hydrolysis) is 1. The van der Waals surface area contributed by atoms with E-state index in [2.05, 4.69) is 25.3 Å². The average Bonchev–Trinajstić information content (AvgIpc) is 3.62. The van der Waals surface area contributed by atoms with Gasteiger partial charge < -0.3 is 25.0 Å². The molecule has 1 aromatic heterocycles. The lowest BCUT2D eigenvalue weighted by Crippen LogP contribution is -2.67. The number of hydrogen-bond acceptors (Lipinski definition) is 9. The zero-order valence-corrected chi connectivity index (χ0v) is 31.8. The second kappa shape index (κ2) is 17.5. The highest BCUT2D eigenvalue weighted by Crippen LogP contribution is 2.41. The van der Waals surface area contributed by atoms with Crippen LogP contribution in [0.1, 0.15) is 108 Å². The molecule has 2 bridgehead atoms. The van der Waals surface area contributed by atoms with E-state index in [1.54, 1.807) is 14.0 Å². The lowest BCUT2D eigenvalue weighted by molar-refractivity contribution is -0.148. The first-order chi connectivity index (χ1) is 25.0. The van der Waals surface area contributed by atoms with Crippen molar-refractivity contribution >= 4 is 35.2 Å². The van der Waals surface area contributed by atoms with Gasteiger partial charge in [-0.25, -0.2) is 27.7 Å². The van der Waals surface area contributed by atoms with Crippen LogP contribution in [0, 0.1) is 40.9 Å². The van der Waals surface area contributed by atoms with Crippen LogP contribution in [-0.4, -0.2) is 83.0 Å². The fraction of sp³-hybridized carbons (Fsp3) is 0.639. The van der Waals surface area contributed by atoms with Crippen LogP contribution in [0.4, 0.5) is 26.7 Å². The van der Waals surface area contributed by atoms with Gasteiger partial charge in [-0.15, -0.1) is 11.3 Å². The maximum atomic E-state index is 14.4. The van der Waals surface area contributed by atoms with E-state index in [9.17, 15) is 41.1 Å². The molecule has 2 aliphatic rings. The Hall–Kier alpha value is -3.86. The number of esters is 1. The van der Waals surface area contributed by atoms with Crippen LogP contribution >= 0.6 is 11.3 Å². The molecule has 0 saturated carbocycles. The van der Waals surface area contributed by atoms with Gasteiger partial charge in [0, 0.05) is 37.5 Å². The van der Waals surface area contributed by atoms with E-state index in [0.29, 0.717) is 25.3 Å². The van der Waals surface area contributed by atoms with Crippen LogP contribution in [-0.2, 0) is 14.3 Å². The first-order valence-electron chi connectivity index (χ1n) is 17.9. The van der Waals surface area contributed by atoms with Crippen LogP contribution in [0.5, 0.6) is 5.75 Å². The fourth-order valence-corrected chi connectivity index (χ4v) is 8.14. The number of halogens is 5. The van der Waals surface area contributed by atoms with E-state index < -0.39 is 76.3 Å². The van der Waals surface area contributed by atoms with Gasteiger partial charge in [-0.1, -0.05) is 34.1 Å². The van der Waals surface area contributed by atoms with Gasteiger partial charge >= 0.3 is 12.1 Å². The third-order valence-corrected chi connectivity index (χ3v) is 11.6. The Bertz CT molecular complexity index is 1640. The number of piperidine rings is 2. The minimum absolute atomic E-state index is 0.0216. The Kier molecular flexibility index (Phi) is 13.8. The van der Waals surface area contributed by atoms with Crippen LogP contribution in [0.15, 0.2) is 5.38 Å². The number of carbonyl (C=O) groups is 4. The molecule has 0 radical (unpaired) electrons. The summed E-state index contributed by atoms with van der Waals surface area (Å²) < 4.78 is 79.6. The van der Waals surface area contributed by atoms with Crippen molar-refractivity contribution < 1.29 is 50.6 Å². The summed E-state index contributed by atoms with van der Waals surface area (Å²) in [5.41, 5.74) is -1.24. The number of carbonyl (C=O) groups excluding carboxylic acids is 4. The number of nitrogens with zero attached hydrogens (tertiary/aromatic N) is 3. The number of likely N-dealkylation sites (N-methyl/N-ethyl adjacent to an activating group) is 2. The molecule has 17 heteroatoms. The summed E-state index contributed by atoms with van der Waals surface area (Å²) in [6.45, 7) is 9.44. The summed E-state index contributed by atoms with van der Waals surface area (Å²) in [7, 11) is 3.59. The first-order valence-corrected chi connectivity index (χ1v) is 18.8. The fourth-order valence-electron chi connectivity index (χ4n) is 7.31. The maximum absolute atomic E-state index is 14.4. The van der Waals surface area contributed by atoms with Gasteiger partial charge in [-0.05, 0) is 64.3 Å². The van der Waals surface area contributed by atoms with Gasteiger partial charge in [0.1, 0.15) is 16.6 Å². The lowest BCUT2D eigenvalue weighted by atomic mass is 9.73. The molecule has 4 atom stereocenters. The molecule has 1 aromatic carbocycles. The molecule has 4 rings (SSSR count). The largest absolute Gasteiger partial charge is 0.439 e. The first kappa shape index (κ1) is 41.9. The second-order valence-corrected chi connectivity index (χ2v) is 15.1. The van der Waals surface area contributed by atoms with E-state index in [0.717, 1.165) is 42.4 Å². The van der Waals surface area contributed by atoms with E-state index >= 15 is 0 Å². The van der Waals surface area contributed by atoms with Gasteiger partial charge in [-0.2, -0.15) is 8.78 Å². The number of thiazole rings is 1. The molecule has 53 heavy (non-hydrogen) atoms. The van der Waals surface area contributed by atoms with Crippen LogP contribution in [0.3, 0.4) is 0 Å². The van der Waals surface area contributed by atoms with Crippen molar-refractivity contribution in [3.05, 3.63) is 45.2 Å². The minimum Gasteiger partial charge on any atom is -0.439 e. The number of rotatable bonds is 14. The van der Waals surface area contributed by atoms with Gasteiger partial charge in [-0.3, -0.25) is 14.5 Å². The smallest absolute Gasteiger partial charge is 0.407 e. The highest BCUT2D eigenvalue weighted by Gasteiger charge is 2.50. The highest BCUT2D eigenvalue weighted by molar-refractivity contribution is 7.09. The van der Waals surface area contributed by atoms with Gasteiger partial charge in [0.2, 0.25) is 46.6 Å². The van der Waals surface area contributed by atoms with Gasteiger partial charge in [0.25, 0.3) is 0 Å². The van der Waals surface area contributed by atoms with E-state index in [-0.39, 0.29) is 41.6 Å². The molecule has 11 nitrogen and oxygen atoms in total. The molecule has 3 amide bonds. The number of ether oxygens (including phenoxy) is 2. The van der Waals surface area contributed by atoms with Crippen molar-refractivity contribution in [1.29, 1.82) is 0 Å². The zero-order valence-electron chi connectivity index (χ0n) is 31.0. The second-order valence-electron chi connectivity index (χ2n) is 14.2. The van der Waals surface area contributed by atoms with E-state index in [1.807, 2.05) is 34.7 Å². The van der Waals surface area contributed by atoms with Crippen LogP contribution in [0.2, 0.25) is 0 Å². The Morgan fingerprint density at radius 2 is 1.58 bits per heavy atom. The van der Waals surface area contributed by atoms with Gasteiger partial charge in [0.05, 0.1) is 0 Å². The monoisotopic (exact) mass is 773 g/mol. The summed E-state index contributed by atoms with van der Waals surface area (Å²) in [6.07, 6.45) is 3.93. The third-order valence-electron chi connectivity index (χ3n) is 10.7. The van der Waals surface area contributed by atoms with Crippen molar-refractivity contribution in [3.63, 3.8) is 0 Å². The van der Waals surface area contributed by atoms with Crippen molar-refractivity contribution in [1.82, 2.24) is 25.4 Å². The maximum Gasteiger partial charge on any atom is 0.407 e. The molecule has 2 saturated heterocycles. The summed E-state index contributed by atoms with van der Waals surface area (Å²) in [4.78, 5) is 61.8. The van der Waals surface area contributed by atoms with Crippen molar-refractivity contribution in [2.24, 2.45) is 11.8 Å². The normalized spacial score (nSPS) is 21.0. The zero-order chi connectivity index (χ0) is 39.4. The Morgan fingerprint density at radius 1 is 1.00 bits per heavy atom. The molecular weight excluding hydrogens is 725 g/mol. The molecule has 3 heterocycles. The predicted molar refractivity (Wildman–Crippen MR) is 186 cm³/mol. The number of nitrogens with one attached hydrogen (secondary N) is 2. The predicted octanol–water partition coefficient (Wildman–Crippen LogP) is 6.66. The van der Waals surface area contributed by atoms with Crippen LogP contribution in [0.25, 0.3) is 0 Å².